The smallest absolute Gasteiger partial charge is 0.131 e. The van der Waals surface area contributed by atoms with Gasteiger partial charge in [0.2, 0.25) is 0 Å². The Hall–Kier alpha value is -1.74. The van der Waals surface area contributed by atoms with Crippen molar-refractivity contribution in [2.24, 2.45) is 5.73 Å². The summed E-state index contributed by atoms with van der Waals surface area (Å²) in [5.74, 6) is -0.645. The van der Waals surface area contributed by atoms with Gasteiger partial charge in [0.15, 0.2) is 0 Å². The second kappa shape index (κ2) is 4.63. The van der Waals surface area contributed by atoms with Crippen LogP contribution in [-0.4, -0.2) is 0 Å². The van der Waals surface area contributed by atoms with Crippen LogP contribution in [0, 0.1) is 18.6 Å². The van der Waals surface area contributed by atoms with Crippen LogP contribution in [0.2, 0.25) is 0 Å². The van der Waals surface area contributed by atoms with E-state index in [0.29, 0.717) is 23.2 Å². The normalized spacial score (nSPS) is 10.6. The highest BCUT2D eigenvalue weighted by molar-refractivity contribution is 5.68. The predicted molar refractivity (Wildman–Crippen MR) is 64.4 cm³/mol. The zero-order valence-electron chi connectivity index (χ0n) is 9.50. The fourth-order valence-electron chi connectivity index (χ4n) is 1.83. The van der Waals surface area contributed by atoms with E-state index in [2.05, 4.69) is 0 Å². The maximum Gasteiger partial charge on any atom is 0.131 e. The average molecular weight is 233 g/mol. The van der Waals surface area contributed by atoms with E-state index in [1.54, 1.807) is 25.1 Å². The van der Waals surface area contributed by atoms with Crippen LogP contribution in [0.4, 0.5) is 8.78 Å². The van der Waals surface area contributed by atoms with E-state index in [1.807, 2.05) is 0 Å². The first-order valence-electron chi connectivity index (χ1n) is 5.37. The van der Waals surface area contributed by atoms with Crippen LogP contribution >= 0.6 is 0 Å². The minimum atomic E-state index is -0.331. The van der Waals surface area contributed by atoms with Crippen molar-refractivity contribution in [1.82, 2.24) is 0 Å². The molecule has 0 aromatic heterocycles. The molecule has 0 aliphatic rings. The second-order valence-corrected chi connectivity index (χ2v) is 3.98. The third-order valence-electron chi connectivity index (χ3n) is 2.75. The molecule has 0 aliphatic heterocycles. The summed E-state index contributed by atoms with van der Waals surface area (Å²) in [5, 5.41) is 0. The van der Waals surface area contributed by atoms with Gasteiger partial charge in [-0.05, 0) is 41.8 Å². The van der Waals surface area contributed by atoms with Crippen molar-refractivity contribution in [2.75, 3.05) is 0 Å². The molecule has 1 nitrogen and oxygen atoms in total. The van der Waals surface area contributed by atoms with Gasteiger partial charge in [0.25, 0.3) is 0 Å². The van der Waals surface area contributed by atoms with Crippen LogP contribution in [0.5, 0.6) is 0 Å². The molecule has 88 valence electrons. The third-order valence-corrected chi connectivity index (χ3v) is 2.75. The molecule has 0 spiro atoms. The van der Waals surface area contributed by atoms with Gasteiger partial charge < -0.3 is 5.73 Å². The lowest BCUT2D eigenvalue weighted by atomic mass is 9.99. The maximum atomic E-state index is 13.9. The first-order chi connectivity index (χ1) is 8.11. The van der Waals surface area contributed by atoms with Crippen LogP contribution in [-0.2, 0) is 6.54 Å². The molecule has 0 saturated heterocycles. The highest BCUT2D eigenvalue weighted by atomic mass is 19.1. The zero-order valence-corrected chi connectivity index (χ0v) is 9.50. The van der Waals surface area contributed by atoms with Gasteiger partial charge in [-0.1, -0.05) is 18.2 Å². The molecule has 3 heteroatoms. The molecule has 0 unspecified atom stereocenters. The Morgan fingerprint density at radius 1 is 1.00 bits per heavy atom. The number of aryl methyl sites for hydroxylation is 1. The summed E-state index contributed by atoms with van der Waals surface area (Å²) in [6, 6.07) is 9.19. The first kappa shape index (κ1) is 11.7. The van der Waals surface area contributed by atoms with E-state index in [0.717, 1.165) is 5.56 Å². The summed E-state index contributed by atoms with van der Waals surface area (Å²) in [7, 11) is 0. The van der Waals surface area contributed by atoms with Gasteiger partial charge in [0.05, 0.1) is 0 Å². The Kier molecular flexibility index (Phi) is 3.20. The van der Waals surface area contributed by atoms with Crippen LogP contribution in [0.1, 0.15) is 11.1 Å². The van der Waals surface area contributed by atoms with E-state index >= 15 is 0 Å². The molecule has 0 radical (unpaired) electrons. The van der Waals surface area contributed by atoms with Gasteiger partial charge in [0.1, 0.15) is 11.6 Å². The van der Waals surface area contributed by atoms with Crippen LogP contribution in [0.25, 0.3) is 11.1 Å². The molecule has 2 N–H and O–H groups in total. The molecule has 0 heterocycles. The molecule has 0 saturated carbocycles. The Labute approximate surface area is 98.9 Å². The highest BCUT2D eigenvalue weighted by Crippen LogP contribution is 2.27. The number of rotatable bonds is 2. The summed E-state index contributed by atoms with van der Waals surface area (Å²) in [6.07, 6.45) is 0. The summed E-state index contributed by atoms with van der Waals surface area (Å²) in [5.41, 5.74) is 8.07. The number of benzene rings is 2. The number of halogens is 2. The van der Waals surface area contributed by atoms with Crippen molar-refractivity contribution in [1.29, 1.82) is 0 Å². The largest absolute Gasteiger partial charge is 0.326 e. The minimum absolute atomic E-state index is 0.305. The predicted octanol–water partition coefficient (Wildman–Crippen LogP) is 3.40. The fraction of sp³-hybridized carbons (Fsp3) is 0.143. The Morgan fingerprint density at radius 2 is 1.71 bits per heavy atom. The van der Waals surface area contributed by atoms with Gasteiger partial charge in [-0.3, -0.25) is 0 Å². The molecule has 0 fully saturated rings. The molecule has 2 aromatic carbocycles. The van der Waals surface area contributed by atoms with Crippen LogP contribution < -0.4 is 5.73 Å². The maximum absolute atomic E-state index is 13.9. The van der Waals surface area contributed by atoms with E-state index in [4.69, 9.17) is 5.73 Å². The van der Waals surface area contributed by atoms with Crippen molar-refractivity contribution in [3.05, 3.63) is 59.2 Å². The van der Waals surface area contributed by atoms with Gasteiger partial charge in [-0.2, -0.15) is 0 Å². The summed E-state index contributed by atoms with van der Waals surface area (Å²) in [4.78, 5) is 0. The van der Waals surface area contributed by atoms with Gasteiger partial charge in [-0.25, -0.2) is 8.78 Å². The average Bonchev–Trinajstić information content (AvgIpc) is 2.30. The van der Waals surface area contributed by atoms with E-state index < -0.39 is 0 Å². The number of hydrogen-bond donors (Lipinski definition) is 1. The zero-order chi connectivity index (χ0) is 12.4. The van der Waals surface area contributed by atoms with Gasteiger partial charge in [0, 0.05) is 12.1 Å². The lowest BCUT2D eigenvalue weighted by Gasteiger charge is -2.08. The molecule has 2 aromatic rings. The number of hydrogen-bond acceptors (Lipinski definition) is 1. The van der Waals surface area contributed by atoms with E-state index in [9.17, 15) is 8.78 Å². The summed E-state index contributed by atoms with van der Waals surface area (Å²) < 4.78 is 26.8. The molecule has 0 amide bonds. The first-order valence-corrected chi connectivity index (χ1v) is 5.37. The molecule has 2 rings (SSSR count). The van der Waals surface area contributed by atoms with E-state index in [1.165, 1.54) is 18.2 Å². The van der Waals surface area contributed by atoms with Crippen molar-refractivity contribution >= 4 is 0 Å². The summed E-state index contributed by atoms with van der Waals surface area (Å²) >= 11 is 0. The van der Waals surface area contributed by atoms with Gasteiger partial charge in [-0.15, -0.1) is 0 Å². The third kappa shape index (κ3) is 2.34. The van der Waals surface area contributed by atoms with Crippen molar-refractivity contribution in [3.63, 3.8) is 0 Å². The van der Waals surface area contributed by atoms with E-state index in [-0.39, 0.29) is 11.6 Å². The lowest BCUT2D eigenvalue weighted by molar-refractivity contribution is 0.623. The van der Waals surface area contributed by atoms with Crippen LogP contribution in [0.15, 0.2) is 36.4 Å². The molecule has 0 atom stereocenters. The SMILES string of the molecule is Cc1cc(F)ccc1-c1ccc(CN)cc1F. The number of nitrogens with two attached hydrogens (primary N) is 1. The molecule has 0 bridgehead atoms. The molecular formula is C14H13F2N. The molecule has 0 aliphatic carbocycles. The van der Waals surface area contributed by atoms with Crippen molar-refractivity contribution < 1.29 is 8.78 Å². The fourth-order valence-corrected chi connectivity index (χ4v) is 1.83. The lowest BCUT2D eigenvalue weighted by Crippen LogP contribution is -1.98. The monoisotopic (exact) mass is 233 g/mol. The van der Waals surface area contributed by atoms with Crippen LogP contribution in [0.3, 0.4) is 0 Å². The Balaban J connectivity index is 2.53. The van der Waals surface area contributed by atoms with Crippen molar-refractivity contribution in [3.8, 4) is 11.1 Å². The Morgan fingerprint density at radius 3 is 2.29 bits per heavy atom. The molecular weight excluding hydrogens is 220 g/mol. The van der Waals surface area contributed by atoms with Crippen molar-refractivity contribution in [2.45, 2.75) is 13.5 Å². The quantitative estimate of drug-likeness (QED) is 0.845. The Bertz CT molecular complexity index is 550. The van der Waals surface area contributed by atoms with Gasteiger partial charge >= 0.3 is 0 Å². The highest BCUT2D eigenvalue weighted by Gasteiger charge is 2.08. The summed E-state index contributed by atoms with van der Waals surface area (Å²) in [6.45, 7) is 2.06. The minimum Gasteiger partial charge on any atom is -0.326 e. The molecule has 17 heavy (non-hydrogen) atoms. The topological polar surface area (TPSA) is 26.0 Å². The standard InChI is InChI=1S/C14H13F2N/c1-9-6-11(15)3-5-12(9)13-4-2-10(8-17)7-14(13)16/h2-7H,8,17H2,1H3. The second-order valence-electron chi connectivity index (χ2n) is 3.98.